The van der Waals surface area contributed by atoms with E-state index >= 15 is 0 Å². The maximum absolute atomic E-state index is 12.8. The molecule has 0 saturated carbocycles. The summed E-state index contributed by atoms with van der Waals surface area (Å²) in [6.07, 6.45) is 1.08. The number of piperazine rings is 1. The van der Waals surface area contributed by atoms with E-state index in [1.165, 1.54) is 0 Å². The topological polar surface area (TPSA) is 44.8 Å². The van der Waals surface area contributed by atoms with Gasteiger partial charge in [0.1, 0.15) is 5.75 Å². The van der Waals surface area contributed by atoms with Gasteiger partial charge in [-0.3, -0.25) is 9.69 Å². The van der Waals surface area contributed by atoms with Crippen LogP contribution in [0, 0.1) is 6.92 Å². The number of hydrogen-bond donors (Lipinski definition) is 1. The Bertz CT molecular complexity index is 555. The molecule has 0 bridgehead atoms. The molecule has 0 spiro atoms. The average molecular weight is 317 g/mol. The fourth-order valence-corrected chi connectivity index (χ4v) is 3.50. The van der Waals surface area contributed by atoms with Gasteiger partial charge in [0.25, 0.3) is 5.91 Å². The summed E-state index contributed by atoms with van der Waals surface area (Å²) in [5, 5.41) is 3.39. The Kier molecular flexibility index (Phi) is 5.18. The number of hydrogen-bond acceptors (Lipinski definition) is 4. The summed E-state index contributed by atoms with van der Waals surface area (Å²) < 4.78 is 5.62. The van der Waals surface area contributed by atoms with Gasteiger partial charge in [-0.05, 0) is 38.0 Å². The van der Waals surface area contributed by atoms with Crippen molar-refractivity contribution in [2.75, 3.05) is 45.9 Å². The number of carbonyl (C=O) groups is 1. The summed E-state index contributed by atoms with van der Waals surface area (Å²) in [5.41, 5.74) is 1.81. The summed E-state index contributed by atoms with van der Waals surface area (Å²) in [6, 6.07) is 6.29. The third-order valence-corrected chi connectivity index (χ3v) is 4.85. The minimum absolute atomic E-state index is 0.128. The Morgan fingerprint density at radius 2 is 2.09 bits per heavy atom. The predicted octanol–water partition coefficient (Wildman–Crippen LogP) is 1.51. The van der Waals surface area contributed by atoms with Crippen LogP contribution in [0.1, 0.15) is 29.3 Å². The first-order valence-corrected chi connectivity index (χ1v) is 8.66. The molecule has 126 valence electrons. The highest BCUT2D eigenvalue weighted by atomic mass is 16.5. The lowest BCUT2D eigenvalue weighted by Gasteiger charge is -2.32. The van der Waals surface area contributed by atoms with Gasteiger partial charge >= 0.3 is 0 Å². The standard InChI is InChI=1S/C18H27N3O2/c1-3-23-17-12-15(5-4-14(17)2)18(22)21-9-6-16(13-21)20-10-7-19-8-11-20/h4-5,12,16,19H,3,6-11,13H2,1-2H3. The number of nitrogens with zero attached hydrogens (tertiary/aromatic N) is 2. The Hall–Kier alpha value is -1.59. The molecule has 0 radical (unpaired) electrons. The molecule has 5 heteroatoms. The zero-order chi connectivity index (χ0) is 16.2. The maximum Gasteiger partial charge on any atom is 0.254 e. The van der Waals surface area contributed by atoms with E-state index in [4.69, 9.17) is 4.74 Å². The van der Waals surface area contributed by atoms with Crippen LogP contribution < -0.4 is 10.1 Å². The quantitative estimate of drug-likeness (QED) is 0.914. The van der Waals surface area contributed by atoms with Crippen LogP contribution in [-0.4, -0.2) is 67.6 Å². The first-order chi connectivity index (χ1) is 11.2. The van der Waals surface area contributed by atoms with E-state index in [0.29, 0.717) is 12.6 Å². The van der Waals surface area contributed by atoms with Gasteiger partial charge in [0, 0.05) is 50.9 Å². The van der Waals surface area contributed by atoms with Crippen LogP contribution in [0.2, 0.25) is 0 Å². The summed E-state index contributed by atoms with van der Waals surface area (Å²) in [4.78, 5) is 17.3. The number of carbonyl (C=O) groups excluding carboxylic acids is 1. The van der Waals surface area contributed by atoms with Crippen molar-refractivity contribution in [1.82, 2.24) is 15.1 Å². The van der Waals surface area contributed by atoms with E-state index in [1.54, 1.807) is 0 Å². The largest absolute Gasteiger partial charge is 0.494 e. The monoisotopic (exact) mass is 317 g/mol. The number of nitrogens with one attached hydrogen (secondary N) is 1. The Balaban J connectivity index is 1.65. The molecule has 1 aromatic rings. The fraction of sp³-hybridized carbons (Fsp3) is 0.611. The molecule has 2 aliphatic rings. The molecule has 1 amide bonds. The van der Waals surface area contributed by atoms with E-state index < -0.39 is 0 Å². The van der Waals surface area contributed by atoms with Crippen molar-refractivity contribution in [3.8, 4) is 5.75 Å². The van der Waals surface area contributed by atoms with Gasteiger partial charge in [-0.2, -0.15) is 0 Å². The van der Waals surface area contributed by atoms with Crippen molar-refractivity contribution in [3.63, 3.8) is 0 Å². The van der Waals surface area contributed by atoms with Gasteiger partial charge in [0.2, 0.25) is 0 Å². The normalized spacial score (nSPS) is 22.3. The van der Waals surface area contributed by atoms with E-state index in [1.807, 2.05) is 36.9 Å². The highest BCUT2D eigenvalue weighted by Crippen LogP contribution is 2.23. The number of benzene rings is 1. The SMILES string of the molecule is CCOc1cc(C(=O)N2CCC(N3CCNCC3)C2)ccc1C. The minimum atomic E-state index is 0.128. The first kappa shape index (κ1) is 16.3. The molecule has 1 aromatic carbocycles. The zero-order valence-corrected chi connectivity index (χ0v) is 14.2. The number of aryl methyl sites for hydroxylation is 1. The predicted molar refractivity (Wildman–Crippen MR) is 91.1 cm³/mol. The third-order valence-electron chi connectivity index (χ3n) is 4.85. The molecule has 5 nitrogen and oxygen atoms in total. The van der Waals surface area contributed by atoms with E-state index in [2.05, 4.69) is 10.2 Å². The molecular weight excluding hydrogens is 290 g/mol. The van der Waals surface area contributed by atoms with Gasteiger partial charge in [-0.15, -0.1) is 0 Å². The smallest absolute Gasteiger partial charge is 0.254 e. The summed E-state index contributed by atoms with van der Waals surface area (Å²) >= 11 is 0. The van der Waals surface area contributed by atoms with Crippen LogP contribution in [0.15, 0.2) is 18.2 Å². The molecule has 23 heavy (non-hydrogen) atoms. The van der Waals surface area contributed by atoms with Crippen molar-refractivity contribution in [1.29, 1.82) is 0 Å². The highest BCUT2D eigenvalue weighted by molar-refractivity contribution is 5.95. The molecule has 0 aromatic heterocycles. The lowest BCUT2D eigenvalue weighted by atomic mass is 10.1. The van der Waals surface area contributed by atoms with Gasteiger partial charge < -0.3 is 15.0 Å². The van der Waals surface area contributed by atoms with Gasteiger partial charge in [0.15, 0.2) is 0 Å². The Morgan fingerprint density at radius 1 is 1.30 bits per heavy atom. The maximum atomic E-state index is 12.8. The van der Waals surface area contributed by atoms with Gasteiger partial charge in [-0.25, -0.2) is 0 Å². The molecule has 2 heterocycles. The second-order valence-electron chi connectivity index (χ2n) is 6.39. The summed E-state index contributed by atoms with van der Waals surface area (Å²) in [7, 11) is 0. The molecule has 1 N–H and O–H groups in total. The second kappa shape index (κ2) is 7.32. The van der Waals surface area contributed by atoms with Crippen molar-refractivity contribution in [2.45, 2.75) is 26.3 Å². The van der Waals surface area contributed by atoms with Crippen molar-refractivity contribution in [3.05, 3.63) is 29.3 Å². The van der Waals surface area contributed by atoms with Crippen LogP contribution in [0.5, 0.6) is 5.75 Å². The van der Waals surface area contributed by atoms with Crippen LogP contribution >= 0.6 is 0 Å². The van der Waals surface area contributed by atoms with Crippen molar-refractivity contribution < 1.29 is 9.53 Å². The molecule has 2 aliphatic heterocycles. The third kappa shape index (κ3) is 3.67. The average Bonchev–Trinajstić information content (AvgIpc) is 3.07. The second-order valence-corrected chi connectivity index (χ2v) is 6.39. The zero-order valence-electron chi connectivity index (χ0n) is 14.2. The summed E-state index contributed by atoms with van der Waals surface area (Å²) in [5.74, 6) is 0.944. The van der Waals surface area contributed by atoms with E-state index in [0.717, 1.165) is 62.6 Å². The molecular formula is C18H27N3O2. The van der Waals surface area contributed by atoms with Crippen LogP contribution in [0.4, 0.5) is 0 Å². The van der Waals surface area contributed by atoms with Crippen LogP contribution in [0.25, 0.3) is 0 Å². The lowest BCUT2D eigenvalue weighted by Crippen LogP contribution is -2.49. The van der Waals surface area contributed by atoms with E-state index in [-0.39, 0.29) is 5.91 Å². The number of amides is 1. The molecule has 0 aliphatic carbocycles. The van der Waals surface area contributed by atoms with Gasteiger partial charge in [0.05, 0.1) is 6.61 Å². The Morgan fingerprint density at radius 3 is 2.83 bits per heavy atom. The molecule has 2 fully saturated rings. The number of likely N-dealkylation sites (tertiary alicyclic amines) is 1. The fourth-order valence-electron chi connectivity index (χ4n) is 3.50. The van der Waals surface area contributed by atoms with E-state index in [9.17, 15) is 4.79 Å². The summed E-state index contributed by atoms with van der Waals surface area (Å²) in [6.45, 7) is 10.6. The molecule has 3 rings (SSSR count). The van der Waals surface area contributed by atoms with Crippen molar-refractivity contribution in [2.24, 2.45) is 0 Å². The Labute approximate surface area is 138 Å². The minimum Gasteiger partial charge on any atom is -0.494 e. The molecule has 1 atom stereocenters. The number of rotatable bonds is 4. The van der Waals surface area contributed by atoms with Gasteiger partial charge in [-0.1, -0.05) is 6.07 Å². The first-order valence-electron chi connectivity index (χ1n) is 8.66. The van der Waals surface area contributed by atoms with Crippen LogP contribution in [-0.2, 0) is 0 Å². The molecule has 2 saturated heterocycles. The number of ether oxygens (including phenoxy) is 1. The molecule has 1 unspecified atom stereocenters. The lowest BCUT2D eigenvalue weighted by molar-refractivity contribution is 0.0773. The van der Waals surface area contributed by atoms with Crippen LogP contribution in [0.3, 0.4) is 0 Å². The van der Waals surface area contributed by atoms with Crippen molar-refractivity contribution >= 4 is 5.91 Å². The highest BCUT2D eigenvalue weighted by Gasteiger charge is 2.31.